The van der Waals surface area contributed by atoms with E-state index in [2.05, 4.69) is 27.3 Å². The third-order valence-corrected chi connectivity index (χ3v) is 6.24. The summed E-state index contributed by atoms with van der Waals surface area (Å²) in [5.74, 6) is 1.68. The fourth-order valence-corrected chi connectivity index (χ4v) is 4.71. The summed E-state index contributed by atoms with van der Waals surface area (Å²) >= 11 is 7.28. The molecule has 1 aliphatic heterocycles. The van der Waals surface area contributed by atoms with Crippen molar-refractivity contribution in [2.24, 2.45) is 0 Å². The van der Waals surface area contributed by atoms with Crippen LogP contribution in [0.4, 0.5) is 0 Å². The molecule has 0 spiro atoms. The number of nitrogens with zero attached hydrogens (tertiary/aromatic N) is 2. The molecule has 3 aromatic heterocycles. The fraction of sp³-hybridized carbons (Fsp3) is 0.130. The predicted octanol–water partition coefficient (Wildman–Crippen LogP) is 5.59. The van der Waals surface area contributed by atoms with E-state index in [4.69, 9.17) is 21.1 Å². The maximum Gasteiger partial charge on any atom is 0.170 e. The van der Waals surface area contributed by atoms with Crippen molar-refractivity contribution in [2.75, 3.05) is 0 Å². The van der Waals surface area contributed by atoms with Crippen LogP contribution in [-0.4, -0.2) is 15.0 Å². The van der Waals surface area contributed by atoms with Crippen LogP contribution in [0.3, 0.4) is 0 Å². The maximum atomic E-state index is 6.28. The van der Waals surface area contributed by atoms with E-state index in [1.54, 1.807) is 24.2 Å². The summed E-state index contributed by atoms with van der Waals surface area (Å²) in [6.07, 6.45) is 3.47. The molecule has 2 atom stereocenters. The molecule has 1 N–H and O–H groups in total. The molecule has 0 aliphatic carbocycles. The van der Waals surface area contributed by atoms with E-state index >= 15 is 0 Å². The first-order valence-electron chi connectivity index (χ1n) is 9.61. The zero-order valence-electron chi connectivity index (χ0n) is 16.0. The highest BCUT2D eigenvalue weighted by molar-refractivity contribution is 7.99. The highest BCUT2D eigenvalue weighted by Gasteiger charge is 2.42. The largest absolute Gasteiger partial charge is 0.467 e. The van der Waals surface area contributed by atoms with Gasteiger partial charge in [0, 0.05) is 11.1 Å². The van der Waals surface area contributed by atoms with E-state index in [1.807, 2.05) is 60.7 Å². The Bertz CT molecular complexity index is 1110. The Hall–Kier alpha value is -3.03. The van der Waals surface area contributed by atoms with Gasteiger partial charge in [-0.15, -0.1) is 0 Å². The molecule has 1 saturated heterocycles. The first-order valence-corrected chi connectivity index (χ1v) is 10.8. The van der Waals surface area contributed by atoms with Gasteiger partial charge in [-0.3, -0.25) is 4.98 Å². The molecule has 0 radical (unpaired) electrons. The minimum Gasteiger partial charge on any atom is -0.467 e. The van der Waals surface area contributed by atoms with Gasteiger partial charge in [-0.05, 0) is 60.7 Å². The molecular weight excluding hydrogens is 414 g/mol. The molecular formula is C23H19N3O2S2. The molecule has 1 fully saturated rings. The van der Waals surface area contributed by atoms with Gasteiger partial charge in [0.25, 0.3) is 0 Å². The Kier molecular flexibility index (Phi) is 5.29. The van der Waals surface area contributed by atoms with Gasteiger partial charge in [0.2, 0.25) is 0 Å². The number of furan rings is 2. The highest BCUT2D eigenvalue weighted by Crippen LogP contribution is 2.41. The number of nitrogens with one attached hydrogen (secondary N) is 1. The molecule has 0 saturated carbocycles. The molecule has 30 heavy (non-hydrogen) atoms. The zero-order valence-corrected chi connectivity index (χ0v) is 17.6. The SMILES string of the molecule is S=C1NC(c2ccccn2)C(c2ccc(Sc3ccccc3)o2)N1Cc1ccco1. The van der Waals surface area contributed by atoms with Crippen LogP contribution in [0, 0.1) is 0 Å². The van der Waals surface area contributed by atoms with Crippen molar-refractivity contribution in [1.82, 2.24) is 15.2 Å². The van der Waals surface area contributed by atoms with Crippen LogP contribution in [0.25, 0.3) is 0 Å². The van der Waals surface area contributed by atoms with E-state index in [9.17, 15) is 0 Å². The van der Waals surface area contributed by atoms with Gasteiger partial charge in [-0.25, -0.2) is 0 Å². The number of thiocarbonyl (C=S) groups is 1. The van der Waals surface area contributed by atoms with Crippen molar-refractivity contribution in [2.45, 2.75) is 28.6 Å². The Labute approximate surface area is 184 Å². The molecule has 150 valence electrons. The van der Waals surface area contributed by atoms with Crippen molar-refractivity contribution < 1.29 is 8.83 Å². The first-order chi connectivity index (χ1) is 14.8. The van der Waals surface area contributed by atoms with Gasteiger partial charge in [0.1, 0.15) is 17.6 Å². The van der Waals surface area contributed by atoms with Gasteiger partial charge < -0.3 is 19.1 Å². The third kappa shape index (κ3) is 3.86. The second kappa shape index (κ2) is 8.38. The first kappa shape index (κ1) is 19.0. The van der Waals surface area contributed by atoms with Gasteiger partial charge >= 0.3 is 0 Å². The monoisotopic (exact) mass is 433 g/mol. The standard InChI is InChI=1S/C23H19N3O2S2/c29-23-25-21(18-10-4-5-13-24-18)22(26(23)15-16-7-6-14-27-16)19-11-12-20(28-19)30-17-8-2-1-3-9-17/h1-14,21-22H,15H2,(H,25,29). The van der Waals surface area contributed by atoms with Crippen LogP contribution in [-0.2, 0) is 6.54 Å². The van der Waals surface area contributed by atoms with Crippen LogP contribution in [0.5, 0.6) is 0 Å². The molecule has 5 nitrogen and oxygen atoms in total. The maximum absolute atomic E-state index is 6.28. The smallest absolute Gasteiger partial charge is 0.170 e. The number of pyridine rings is 1. The summed E-state index contributed by atoms with van der Waals surface area (Å²) < 4.78 is 11.9. The molecule has 7 heteroatoms. The lowest BCUT2D eigenvalue weighted by Crippen LogP contribution is -2.28. The molecule has 5 rings (SSSR count). The van der Waals surface area contributed by atoms with Gasteiger partial charge in [0.15, 0.2) is 10.2 Å². The van der Waals surface area contributed by atoms with Crippen LogP contribution in [0.1, 0.15) is 29.3 Å². The summed E-state index contributed by atoms with van der Waals surface area (Å²) in [5, 5.41) is 4.92. The van der Waals surface area contributed by atoms with Gasteiger partial charge in [-0.2, -0.15) is 0 Å². The van der Waals surface area contributed by atoms with Crippen molar-refractivity contribution in [3.8, 4) is 0 Å². The van der Waals surface area contributed by atoms with Crippen molar-refractivity contribution >= 4 is 29.1 Å². The summed E-state index contributed by atoms with van der Waals surface area (Å²) in [6.45, 7) is 0.550. The van der Waals surface area contributed by atoms with E-state index in [-0.39, 0.29) is 12.1 Å². The van der Waals surface area contributed by atoms with Crippen molar-refractivity contribution in [1.29, 1.82) is 0 Å². The van der Waals surface area contributed by atoms with Gasteiger partial charge in [0.05, 0.1) is 24.5 Å². The quantitative estimate of drug-likeness (QED) is 0.398. The third-order valence-electron chi connectivity index (χ3n) is 4.96. The topological polar surface area (TPSA) is 54.4 Å². The van der Waals surface area contributed by atoms with Crippen molar-refractivity contribution in [3.63, 3.8) is 0 Å². The molecule has 4 heterocycles. The van der Waals surface area contributed by atoms with Crippen LogP contribution < -0.4 is 5.32 Å². The normalized spacial score (nSPS) is 18.5. The number of benzene rings is 1. The summed E-state index contributed by atoms with van der Waals surface area (Å²) in [5.41, 5.74) is 0.917. The van der Waals surface area contributed by atoms with Gasteiger partial charge in [-0.1, -0.05) is 36.0 Å². The molecule has 0 amide bonds. The molecule has 2 unspecified atom stereocenters. The van der Waals surface area contributed by atoms with E-state index in [0.717, 1.165) is 27.2 Å². The molecule has 1 aliphatic rings. The minimum absolute atomic E-state index is 0.116. The Morgan fingerprint density at radius 3 is 2.63 bits per heavy atom. The van der Waals surface area contributed by atoms with E-state index in [0.29, 0.717) is 11.7 Å². The highest BCUT2D eigenvalue weighted by atomic mass is 32.2. The lowest BCUT2D eigenvalue weighted by Gasteiger charge is -2.25. The fourth-order valence-electron chi connectivity index (χ4n) is 3.61. The van der Waals surface area contributed by atoms with Crippen LogP contribution >= 0.6 is 24.0 Å². The second-order valence-electron chi connectivity index (χ2n) is 6.91. The van der Waals surface area contributed by atoms with Crippen LogP contribution in [0.15, 0.2) is 104 Å². The van der Waals surface area contributed by atoms with Crippen LogP contribution in [0.2, 0.25) is 0 Å². The average molecular weight is 434 g/mol. The Morgan fingerprint density at radius 1 is 1.00 bits per heavy atom. The summed E-state index contributed by atoms with van der Waals surface area (Å²) in [6, 6.07) is 23.7. The van der Waals surface area contributed by atoms with E-state index < -0.39 is 0 Å². The molecule has 0 bridgehead atoms. The van der Waals surface area contributed by atoms with Crippen molar-refractivity contribution in [3.05, 3.63) is 102 Å². The second-order valence-corrected chi connectivity index (χ2v) is 8.37. The Morgan fingerprint density at radius 2 is 1.87 bits per heavy atom. The molecule has 1 aromatic carbocycles. The number of hydrogen-bond acceptors (Lipinski definition) is 5. The zero-order chi connectivity index (χ0) is 20.3. The van der Waals surface area contributed by atoms with E-state index in [1.165, 1.54) is 0 Å². The lowest BCUT2D eigenvalue weighted by atomic mass is 10.0. The predicted molar refractivity (Wildman–Crippen MR) is 119 cm³/mol. The number of aromatic nitrogens is 1. The average Bonchev–Trinajstić information content (AvgIpc) is 3.52. The minimum atomic E-state index is -0.136. The summed E-state index contributed by atoms with van der Waals surface area (Å²) in [4.78, 5) is 7.79. The number of hydrogen-bond donors (Lipinski definition) is 1. The molecule has 4 aromatic rings. The lowest BCUT2D eigenvalue weighted by molar-refractivity contribution is 0.241. The number of rotatable bonds is 6. The Balaban J connectivity index is 1.48. The summed E-state index contributed by atoms with van der Waals surface area (Å²) in [7, 11) is 0.